The van der Waals surface area contributed by atoms with E-state index < -0.39 is 24.1 Å². The molecule has 1 atom stereocenters. The van der Waals surface area contributed by atoms with Crippen LogP contribution in [0.1, 0.15) is 22.0 Å². The Morgan fingerprint density at radius 3 is 2.54 bits per heavy atom. The van der Waals surface area contributed by atoms with Gasteiger partial charge in [-0.1, -0.05) is 18.2 Å². The minimum atomic E-state index is -4.78. The number of carbonyl (C=O) groups excluding carboxylic acids is 1. The summed E-state index contributed by atoms with van der Waals surface area (Å²) in [6, 6.07) is 12.2. The zero-order valence-electron chi connectivity index (χ0n) is 13.3. The second-order valence-electron chi connectivity index (χ2n) is 5.49. The molecule has 3 rings (SSSR count). The summed E-state index contributed by atoms with van der Waals surface area (Å²) in [7, 11) is 0. The van der Waals surface area contributed by atoms with Gasteiger partial charge in [0.1, 0.15) is 5.75 Å². The Bertz CT molecular complexity index is 906. The molecule has 3 aromatic rings. The topological polar surface area (TPSA) is 58.6 Å². The number of carbonyl (C=O) groups is 1. The van der Waals surface area contributed by atoms with Crippen LogP contribution in [0.5, 0.6) is 5.75 Å². The molecule has 0 fully saturated rings. The van der Waals surface area contributed by atoms with Gasteiger partial charge in [-0.3, -0.25) is 4.79 Å². The molecule has 0 radical (unpaired) electrons. The maximum atomic E-state index is 12.1. The molecule has 0 aliphatic rings. The van der Waals surface area contributed by atoms with Crippen molar-refractivity contribution < 1.29 is 27.8 Å². The minimum Gasteiger partial charge on any atom is -0.406 e. The summed E-state index contributed by atoms with van der Waals surface area (Å²) in [5, 5.41) is 15.7. The van der Waals surface area contributed by atoms with E-state index in [9.17, 15) is 23.1 Å². The highest BCUT2D eigenvalue weighted by molar-refractivity contribution is 7.17. The summed E-state index contributed by atoms with van der Waals surface area (Å²) < 4.78 is 41.2. The zero-order chi connectivity index (χ0) is 18.7. The highest BCUT2D eigenvalue weighted by Crippen LogP contribution is 2.30. The van der Waals surface area contributed by atoms with Gasteiger partial charge in [-0.05, 0) is 41.1 Å². The SMILES string of the molecule is O=C(NC[C@H](O)c1csc2ccccc12)c1ccc(OC(F)(F)F)cc1. The molecule has 0 unspecified atom stereocenters. The van der Waals surface area contributed by atoms with E-state index in [-0.39, 0.29) is 12.1 Å². The number of aliphatic hydroxyl groups excluding tert-OH is 1. The molecule has 1 heterocycles. The number of fused-ring (bicyclic) bond motifs is 1. The van der Waals surface area contributed by atoms with Crippen LogP contribution >= 0.6 is 11.3 Å². The van der Waals surface area contributed by atoms with E-state index in [1.165, 1.54) is 23.5 Å². The average molecular weight is 381 g/mol. The van der Waals surface area contributed by atoms with Crippen LogP contribution in [0.25, 0.3) is 10.1 Å². The van der Waals surface area contributed by atoms with Crippen LogP contribution in [0, 0.1) is 0 Å². The first-order chi connectivity index (χ1) is 12.3. The summed E-state index contributed by atoms with van der Waals surface area (Å²) in [4.78, 5) is 12.1. The lowest BCUT2D eigenvalue weighted by molar-refractivity contribution is -0.274. The maximum Gasteiger partial charge on any atom is 0.573 e. The summed E-state index contributed by atoms with van der Waals surface area (Å²) in [5.74, 6) is -0.902. The lowest BCUT2D eigenvalue weighted by Crippen LogP contribution is -2.28. The third-order valence-corrected chi connectivity index (χ3v) is 4.66. The van der Waals surface area contributed by atoms with Gasteiger partial charge in [0, 0.05) is 22.4 Å². The van der Waals surface area contributed by atoms with Gasteiger partial charge < -0.3 is 15.2 Å². The van der Waals surface area contributed by atoms with Crippen molar-refractivity contribution in [1.82, 2.24) is 5.32 Å². The molecule has 1 amide bonds. The van der Waals surface area contributed by atoms with E-state index in [1.54, 1.807) is 0 Å². The molecule has 0 saturated carbocycles. The quantitative estimate of drug-likeness (QED) is 0.694. The van der Waals surface area contributed by atoms with Crippen molar-refractivity contribution in [3.8, 4) is 5.75 Å². The molecule has 2 N–H and O–H groups in total. The van der Waals surface area contributed by atoms with Crippen LogP contribution in [0.4, 0.5) is 13.2 Å². The van der Waals surface area contributed by atoms with Gasteiger partial charge in [-0.15, -0.1) is 24.5 Å². The number of rotatable bonds is 5. The molecule has 0 saturated heterocycles. The Hall–Kier alpha value is -2.58. The first-order valence-corrected chi connectivity index (χ1v) is 8.49. The summed E-state index contributed by atoms with van der Waals surface area (Å²) in [5.41, 5.74) is 0.890. The number of alkyl halides is 3. The number of nitrogens with one attached hydrogen (secondary N) is 1. The van der Waals surface area contributed by atoms with E-state index >= 15 is 0 Å². The van der Waals surface area contributed by atoms with E-state index in [0.717, 1.165) is 27.8 Å². The van der Waals surface area contributed by atoms with Crippen LogP contribution < -0.4 is 10.1 Å². The van der Waals surface area contributed by atoms with E-state index in [0.29, 0.717) is 0 Å². The molecule has 8 heteroatoms. The molecule has 0 aliphatic carbocycles. The fraction of sp³-hybridized carbons (Fsp3) is 0.167. The standard InChI is InChI=1S/C18H14F3NO3S/c19-18(20,21)25-12-7-5-11(6-8-12)17(24)22-9-15(23)14-10-26-16-4-2-1-3-13(14)16/h1-8,10,15,23H,9H2,(H,22,24)/t15-/m0/s1. The highest BCUT2D eigenvalue weighted by atomic mass is 32.1. The third kappa shape index (κ3) is 4.33. The van der Waals surface area contributed by atoms with Crippen LogP contribution in [0.3, 0.4) is 0 Å². The zero-order valence-corrected chi connectivity index (χ0v) is 14.1. The number of hydrogen-bond acceptors (Lipinski definition) is 4. The molecule has 136 valence electrons. The third-order valence-electron chi connectivity index (χ3n) is 3.68. The number of ether oxygens (including phenoxy) is 1. The molecule has 0 aliphatic heterocycles. The highest BCUT2D eigenvalue weighted by Gasteiger charge is 2.31. The Kier molecular flexibility index (Phi) is 5.15. The molecule has 0 spiro atoms. The van der Waals surface area contributed by atoms with E-state index in [2.05, 4.69) is 10.1 Å². The Morgan fingerprint density at radius 1 is 1.15 bits per heavy atom. The minimum absolute atomic E-state index is 0.0135. The smallest absolute Gasteiger partial charge is 0.406 e. The predicted molar refractivity (Wildman–Crippen MR) is 92.2 cm³/mol. The molecular formula is C18H14F3NO3S. The number of hydrogen-bond donors (Lipinski definition) is 2. The van der Waals surface area contributed by atoms with Crippen molar-refractivity contribution in [3.05, 3.63) is 65.0 Å². The van der Waals surface area contributed by atoms with Crippen molar-refractivity contribution in [2.45, 2.75) is 12.5 Å². The first-order valence-electron chi connectivity index (χ1n) is 7.62. The normalized spacial score (nSPS) is 12.8. The van der Waals surface area contributed by atoms with Crippen molar-refractivity contribution in [2.75, 3.05) is 6.54 Å². The van der Waals surface area contributed by atoms with Gasteiger partial charge in [0.2, 0.25) is 0 Å². The molecule has 4 nitrogen and oxygen atoms in total. The largest absolute Gasteiger partial charge is 0.573 e. The molecule has 1 aromatic heterocycles. The van der Waals surface area contributed by atoms with Gasteiger partial charge in [0.15, 0.2) is 0 Å². The lowest BCUT2D eigenvalue weighted by atomic mass is 10.1. The Labute approximate surface area is 150 Å². The maximum absolute atomic E-state index is 12.1. The summed E-state index contributed by atoms with van der Waals surface area (Å²) in [6.45, 7) is -0.0135. The van der Waals surface area contributed by atoms with Crippen LogP contribution in [0.15, 0.2) is 53.9 Å². The van der Waals surface area contributed by atoms with E-state index in [4.69, 9.17) is 0 Å². The Morgan fingerprint density at radius 2 is 1.85 bits per heavy atom. The van der Waals surface area contributed by atoms with Crippen molar-refractivity contribution in [2.24, 2.45) is 0 Å². The molecule has 2 aromatic carbocycles. The van der Waals surface area contributed by atoms with Crippen molar-refractivity contribution >= 4 is 27.3 Å². The number of halogens is 3. The summed E-state index contributed by atoms with van der Waals surface area (Å²) >= 11 is 1.50. The van der Waals surface area contributed by atoms with Crippen LogP contribution in [-0.4, -0.2) is 23.9 Å². The summed E-state index contributed by atoms with van der Waals surface area (Å²) in [6.07, 6.45) is -5.67. The average Bonchev–Trinajstić information content (AvgIpc) is 3.03. The second-order valence-corrected chi connectivity index (χ2v) is 6.40. The fourth-order valence-corrected chi connectivity index (χ4v) is 3.47. The predicted octanol–water partition coefficient (Wildman–Crippen LogP) is 4.26. The van der Waals surface area contributed by atoms with Gasteiger partial charge in [-0.2, -0.15) is 0 Å². The molecular weight excluding hydrogens is 367 g/mol. The molecule has 26 heavy (non-hydrogen) atoms. The van der Waals surface area contributed by atoms with Crippen molar-refractivity contribution in [3.63, 3.8) is 0 Å². The molecule has 0 bridgehead atoms. The van der Waals surface area contributed by atoms with Gasteiger partial charge in [-0.25, -0.2) is 0 Å². The fourth-order valence-electron chi connectivity index (χ4n) is 2.47. The monoisotopic (exact) mass is 381 g/mol. The number of thiophene rings is 1. The second kappa shape index (κ2) is 7.35. The Balaban J connectivity index is 1.61. The van der Waals surface area contributed by atoms with E-state index in [1.807, 2.05) is 29.6 Å². The number of aliphatic hydroxyl groups is 1. The van der Waals surface area contributed by atoms with Crippen LogP contribution in [0.2, 0.25) is 0 Å². The van der Waals surface area contributed by atoms with Crippen LogP contribution in [-0.2, 0) is 0 Å². The van der Waals surface area contributed by atoms with Crippen molar-refractivity contribution in [1.29, 1.82) is 0 Å². The number of amides is 1. The first kappa shape index (κ1) is 18.2. The van der Waals surface area contributed by atoms with Gasteiger partial charge in [0.25, 0.3) is 5.91 Å². The lowest BCUT2D eigenvalue weighted by Gasteiger charge is -2.12. The van der Waals surface area contributed by atoms with Gasteiger partial charge >= 0.3 is 6.36 Å². The van der Waals surface area contributed by atoms with Gasteiger partial charge in [0.05, 0.1) is 6.10 Å². The number of benzene rings is 2.